The Morgan fingerprint density at radius 1 is 0.717 bits per heavy atom. The summed E-state index contributed by atoms with van der Waals surface area (Å²) in [6.45, 7) is 13.4. The molecule has 0 radical (unpaired) electrons. The smallest absolute Gasteiger partial charge is 0.109 e. The summed E-state index contributed by atoms with van der Waals surface area (Å²) in [5.74, 6) is 0. The van der Waals surface area contributed by atoms with Crippen molar-refractivity contribution in [3.05, 3.63) is 165 Å². The van der Waals surface area contributed by atoms with E-state index in [9.17, 15) is 0 Å². The minimum Gasteiger partial charge on any atom is -1.00 e. The Balaban J connectivity index is 0.000000183. The van der Waals surface area contributed by atoms with Crippen LogP contribution in [0.25, 0.3) is 23.3 Å². The van der Waals surface area contributed by atoms with Crippen LogP contribution in [0.2, 0.25) is 0 Å². The molecular weight excluding hydrogens is 679 g/mol. The Morgan fingerprint density at radius 3 is 1.76 bits per heavy atom. The summed E-state index contributed by atoms with van der Waals surface area (Å²) in [5.41, 5.74) is 17.0. The molecule has 0 heterocycles. The summed E-state index contributed by atoms with van der Waals surface area (Å²) in [6, 6.07) is 27.2. The van der Waals surface area contributed by atoms with Crippen LogP contribution in [0.15, 0.2) is 97.1 Å². The van der Waals surface area contributed by atoms with Gasteiger partial charge in [0.15, 0.2) is 0 Å². The van der Waals surface area contributed by atoms with Crippen LogP contribution in [0, 0.1) is 26.0 Å². The Hall–Kier alpha value is -2.83. The van der Waals surface area contributed by atoms with Crippen molar-refractivity contribution < 1.29 is 49.0 Å². The number of allylic oxidation sites excluding steroid dienone is 6. The number of halogens is 2. The van der Waals surface area contributed by atoms with Crippen molar-refractivity contribution in [1.82, 2.24) is 0 Å². The molecule has 8 rings (SSSR count). The van der Waals surface area contributed by atoms with Crippen LogP contribution in [-0.2, 0) is 41.5 Å². The van der Waals surface area contributed by atoms with Gasteiger partial charge in [-0.15, -0.1) is 18.1 Å². The van der Waals surface area contributed by atoms with Gasteiger partial charge in [-0.3, -0.25) is 12.2 Å². The fourth-order valence-electron chi connectivity index (χ4n) is 6.35. The molecule has 0 unspecified atom stereocenters. The van der Waals surface area contributed by atoms with E-state index < -0.39 is 0 Å². The predicted octanol–water partition coefficient (Wildman–Crippen LogP) is 4.40. The van der Waals surface area contributed by atoms with Crippen LogP contribution in [0.4, 0.5) is 0 Å². The Morgan fingerprint density at radius 2 is 1.26 bits per heavy atom. The molecule has 0 spiro atoms. The molecule has 4 aliphatic rings. The number of fused-ring (bicyclic) bond motifs is 5. The third-order valence-corrected chi connectivity index (χ3v) is 10.5. The standard InChI is InChI=1S/C23H21.C15H14.C5H5.2ClH.Zr/c1-22(2)7-5-14-10-18-16(12-20(14)22)9-17-13-21-15(11-19(17)18)6-8-23(21,3)4;1-12-3-7-14(8-4-12)11-15-9-5-13(2)6-10-15;1-2-4-5-3-1;;;/h5-7,10-13H,9H2,1-4H3;3-10H,1-2H3;1-3H,4H2;2*1H;/q-1;;-1;;;+2/p-2. The molecule has 4 aromatic rings. The molecule has 4 aliphatic carbocycles. The zero-order valence-corrected chi connectivity index (χ0v) is 31.5. The largest absolute Gasteiger partial charge is 1.00 e. The van der Waals surface area contributed by atoms with Crippen LogP contribution in [0.5, 0.6) is 0 Å². The van der Waals surface area contributed by atoms with Gasteiger partial charge in [0.25, 0.3) is 0 Å². The van der Waals surface area contributed by atoms with Gasteiger partial charge in [0, 0.05) is 5.41 Å². The zero-order valence-electron chi connectivity index (χ0n) is 27.6. The van der Waals surface area contributed by atoms with E-state index in [4.69, 9.17) is 0 Å². The van der Waals surface area contributed by atoms with Crippen molar-refractivity contribution in [1.29, 1.82) is 0 Å². The predicted molar refractivity (Wildman–Crippen MR) is 185 cm³/mol. The van der Waals surface area contributed by atoms with Gasteiger partial charge in [0.1, 0.15) is 0 Å². The van der Waals surface area contributed by atoms with Crippen LogP contribution in [0.3, 0.4) is 0 Å². The molecule has 46 heavy (non-hydrogen) atoms. The average molecular weight is 719 g/mol. The molecule has 0 fully saturated rings. The monoisotopic (exact) mass is 716 g/mol. The van der Waals surface area contributed by atoms with Gasteiger partial charge in [0.2, 0.25) is 0 Å². The molecule has 0 N–H and O–H groups in total. The zero-order chi connectivity index (χ0) is 31.1. The van der Waals surface area contributed by atoms with Crippen molar-refractivity contribution in [2.75, 3.05) is 0 Å². The molecule has 0 saturated carbocycles. The molecular formula is C43H40Cl2Zr-2. The van der Waals surface area contributed by atoms with E-state index in [2.05, 4.69) is 151 Å². The van der Waals surface area contributed by atoms with E-state index in [1.54, 1.807) is 0 Å². The topological polar surface area (TPSA) is 0 Å². The molecule has 0 atom stereocenters. The summed E-state index contributed by atoms with van der Waals surface area (Å²) in [5, 5.41) is 0. The minimum absolute atomic E-state index is 0. The first-order chi connectivity index (χ1) is 21.0. The molecule has 3 heteroatoms. The first kappa shape index (κ1) is 36.0. The molecule has 232 valence electrons. The van der Waals surface area contributed by atoms with E-state index in [0.29, 0.717) is 0 Å². The molecule has 0 saturated heterocycles. The van der Waals surface area contributed by atoms with Crippen molar-refractivity contribution in [2.24, 2.45) is 0 Å². The van der Waals surface area contributed by atoms with Crippen LogP contribution in [0.1, 0.15) is 89.8 Å². The number of rotatable bonds is 2. The number of aryl methyl sites for hydroxylation is 2. The Labute approximate surface area is 303 Å². The number of benzene rings is 4. The second kappa shape index (κ2) is 14.5. The fraction of sp³-hybridized carbons (Fsp3) is 0.233. The van der Waals surface area contributed by atoms with Gasteiger partial charge in [-0.1, -0.05) is 57.4 Å². The van der Waals surface area contributed by atoms with Gasteiger partial charge in [-0.25, -0.2) is 18.2 Å². The first-order valence-corrected chi connectivity index (χ1v) is 16.8. The molecule has 0 aromatic heterocycles. The quantitative estimate of drug-likeness (QED) is 0.238. The normalized spacial score (nSPS) is 15.7. The van der Waals surface area contributed by atoms with Gasteiger partial charge < -0.3 is 24.8 Å². The summed E-state index contributed by atoms with van der Waals surface area (Å²) in [7, 11) is 0. The number of hydrogen-bond donors (Lipinski definition) is 0. The maximum atomic E-state index is 3.50. The second-order valence-electron chi connectivity index (χ2n) is 13.4. The van der Waals surface area contributed by atoms with Crippen molar-refractivity contribution in [3.8, 4) is 11.1 Å². The fourth-order valence-corrected chi connectivity index (χ4v) is 7.17. The first-order valence-electron chi connectivity index (χ1n) is 15.6. The van der Waals surface area contributed by atoms with E-state index >= 15 is 0 Å². The third-order valence-electron chi connectivity index (χ3n) is 9.12. The van der Waals surface area contributed by atoms with Crippen LogP contribution < -0.4 is 24.8 Å². The maximum absolute atomic E-state index is 3.50. The molecule has 0 nitrogen and oxygen atoms in total. The Kier molecular flexibility index (Phi) is 11.4. The maximum Gasteiger partial charge on any atom is -0.109 e. The van der Waals surface area contributed by atoms with Gasteiger partial charge in [-0.2, -0.15) is 11.6 Å². The van der Waals surface area contributed by atoms with Gasteiger partial charge >= 0.3 is 112 Å². The molecule has 0 amide bonds. The molecule has 0 aliphatic heterocycles. The summed E-state index contributed by atoms with van der Waals surface area (Å²) < 4.78 is 1.42. The average Bonchev–Trinajstić information content (AvgIpc) is 3.80. The number of hydrogen-bond acceptors (Lipinski definition) is 0. The molecule has 4 aromatic carbocycles. The van der Waals surface area contributed by atoms with Crippen molar-refractivity contribution in [3.63, 3.8) is 0 Å². The summed E-state index contributed by atoms with van der Waals surface area (Å²) >= 11 is 1.46. The van der Waals surface area contributed by atoms with E-state index in [-0.39, 0.29) is 35.6 Å². The van der Waals surface area contributed by atoms with E-state index in [1.807, 2.05) is 12.2 Å². The Bertz CT molecular complexity index is 1730. The van der Waals surface area contributed by atoms with Crippen molar-refractivity contribution in [2.45, 2.75) is 65.2 Å². The van der Waals surface area contributed by atoms with E-state index in [1.165, 1.54) is 94.2 Å². The summed E-state index contributed by atoms with van der Waals surface area (Å²) in [4.78, 5) is 0. The summed E-state index contributed by atoms with van der Waals surface area (Å²) in [6.07, 6.45) is 21.4. The second-order valence-corrected chi connectivity index (χ2v) is 14.7. The molecule has 0 bridgehead atoms. The third kappa shape index (κ3) is 7.49. The SMILES string of the molecule is CC1(C)[C-]=Cc2cc3c(cc21)Cc1cc2c(cc1-3)C=CC2(C)C.Cc1ccc([C](=[Zr+2])c2ccc(C)cc2)cc1.[C-]1=CC=CC1.[Cl-].[Cl-]. The van der Waals surface area contributed by atoms with Crippen LogP contribution in [-0.4, -0.2) is 3.21 Å². The van der Waals surface area contributed by atoms with Gasteiger partial charge in [0.05, 0.1) is 0 Å². The van der Waals surface area contributed by atoms with Crippen molar-refractivity contribution >= 4 is 15.4 Å². The minimum atomic E-state index is 0. The van der Waals surface area contributed by atoms with Crippen LogP contribution >= 0.6 is 0 Å². The van der Waals surface area contributed by atoms with E-state index in [0.717, 1.165) is 12.8 Å². The van der Waals surface area contributed by atoms with Gasteiger partial charge in [-0.05, 0) is 45.9 Å².